The van der Waals surface area contributed by atoms with Gasteiger partial charge in [0, 0.05) is 6.07 Å². The lowest BCUT2D eigenvalue weighted by Crippen LogP contribution is -2.10. The predicted molar refractivity (Wildman–Crippen MR) is 66.2 cm³/mol. The van der Waals surface area contributed by atoms with Gasteiger partial charge < -0.3 is 10.5 Å². The smallest absolute Gasteiger partial charge is 0.341 e. The molecule has 2 aromatic carbocycles. The van der Waals surface area contributed by atoms with Crippen LogP contribution in [0.1, 0.15) is 15.9 Å². The molecule has 2 aromatic rings. The second-order valence-electron chi connectivity index (χ2n) is 4.13. The lowest BCUT2D eigenvalue weighted by Gasteiger charge is -2.08. The molecule has 0 spiro atoms. The van der Waals surface area contributed by atoms with Crippen molar-refractivity contribution in [3.8, 4) is 0 Å². The van der Waals surface area contributed by atoms with E-state index in [9.17, 15) is 22.4 Å². The number of carbonyl (C=O) groups excluding carboxylic acids is 1. The molecule has 0 aromatic heterocycles. The molecule has 0 heterocycles. The molecule has 0 amide bonds. The third-order valence-corrected chi connectivity index (χ3v) is 2.72. The van der Waals surface area contributed by atoms with E-state index < -0.39 is 52.7 Å². The number of rotatable bonds is 3. The number of anilines is 1. The van der Waals surface area contributed by atoms with Crippen molar-refractivity contribution in [3.05, 3.63) is 64.7 Å². The van der Waals surface area contributed by atoms with Gasteiger partial charge in [-0.25, -0.2) is 22.4 Å². The van der Waals surface area contributed by atoms with Crippen molar-refractivity contribution in [2.75, 3.05) is 5.73 Å². The second-order valence-corrected chi connectivity index (χ2v) is 4.13. The van der Waals surface area contributed by atoms with Crippen molar-refractivity contribution >= 4 is 11.7 Å². The van der Waals surface area contributed by atoms with E-state index in [2.05, 4.69) is 4.74 Å². The van der Waals surface area contributed by atoms with Gasteiger partial charge in [-0.2, -0.15) is 0 Å². The van der Waals surface area contributed by atoms with Crippen molar-refractivity contribution in [1.29, 1.82) is 0 Å². The molecule has 0 atom stereocenters. The Kier molecular flexibility index (Phi) is 4.11. The minimum atomic E-state index is -1.21. The molecule has 3 nitrogen and oxygen atoms in total. The number of hydrogen-bond acceptors (Lipinski definition) is 3. The molecule has 0 unspecified atom stereocenters. The van der Waals surface area contributed by atoms with Gasteiger partial charge in [0.2, 0.25) is 0 Å². The van der Waals surface area contributed by atoms with E-state index in [0.29, 0.717) is 6.07 Å². The van der Waals surface area contributed by atoms with Crippen molar-refractivity contribution in [1.82, 2.24) is 0 Å². The van der Waals surface area contributed by atoms with Gasteiger partial charge in [-0.05, 0) is 18.2 Å². The lowest BCUT2D eigenvalue weighted by molar-refractivity contribution is 0.0459. The molecule has 21 heavy (non-hydrogen) atoms. The van der Waals surface area contributed by atoms with Crippen LogP contribution in [0.4, 0.5) is 23.2 Å². The number of nitrogens with two attached hydrogens (primary N) is 1. The average molecular weight is 299 g/mol. The summed E-state index contributed by atoms with van der Waals surface area (Å²) in [6.07, 6.45) is 0. The molecule has 0 aliphatic heterocycles. The van der Waals surface area contributed by atoms with Crippen LogP contribution in [0.2, 0.25) is 0 Å². The number of benzene rings is 2. The SMILES string of the molecule is Nc1cc(C(=O)OCc2c(F)cccc2F)c(F)cc1F. The van der Waals surface area contributed by atoms with Crippen molar-refractivity contribution < 1.29 is 27.1 Å². The molecule has 110 valence electrons. The average Bonchev–Trinajstić information content (AvgIpc) is 2.42. The van der Waals surface area contributed by atoms with Crippen molar-refractivity contribution in [2.24, 2.45) is 0 Å². The maximum Gasteiger partial charge on any atom is 0.341 e. The fraction of sp³-hybridized carbons (Fsp3) is 0.0714. The summed E-state index contributed by atoms with van der Waals surface area (Å²) >= 11 is 0. The molecular weight excluding hydrogens is 290 g/mol. The quantitative estimate of drug-likeness (QED) is 0.538. The second kappa shape index (κ2) is 5.82. The molecule has 0 saturated carbocycles. The summed E-state index contributed by atoms with van der Waals surface area (Å²) in [6, 6.07) is 4.31. The molecular formula is C14H9F4NO2. The summed E-state index contributed by atoms with van der Waals surface area (Å²) in [6.45, 7) is -0.728. The van der Waals surface area contributed by atoms with Crippen LogP contribution < -0.4 is 5.73 Å². The normalized spacial score (nSPS) is 10.5. The van der Waals surface area contributed by atoms with Gasteiger partial charge in [0.15, 0.2) is 0 Å². The van der Waals surface area contributed by atoms with Crippen LogP contribution in [0.5, 0.6) is 0 Å². The number of esters is 1. The highest BCUT2D eigenvalue weighted by Gasteiger charge is 2.18. The molecule has 0 aliphatic carbocycles. The topological polar surface area (TPSA) is 52.3 Å². The van der Waals surface area contributed by atoms with Gasteiger partial charge in [-0.15, -0.1) is 0 Å². The van der Waals surface area contributed by atoms with E-state index in [1.165, 1.54) is 0 Å². The van der Waals surface area contributed by atoms with Crippen LogP contribution in [0.3, 0.4) is 0 Å². The predicted octanol–water partition coefficient (Wildman–Crippen LogP) is 3.18. The maximum atomic E-state index is 13.4. The molecule has 7 heteroatoms. The summed E-state index contributed by atoms with van der Waals surface area (Å²) in [7, 11) is 0. The van der Waals surface area contributed by atoms with Crippen LogP contribution in [0.15, 0.2) is 30.3 Å². The van der Waals surface area contributed by atoms with Crippen molar-refractivity contribution in [2.45, 2.75) is 6.61 Å². The molecule has 0 aliphatic rings. The minimum Gasteiger partial charge on any atom is -0.457 e. The largest absolute Gasteiger partial charge is 0.457 e. The van der Waals surface area contributed by atoms with E-state index in [0.717, 1.165) is 24.3 Å². The Balaban J connectivity index is 2.18. The third-order valence-electron chi connectivity index (χ3n) is 2.72. The summed E-state index contributed by atoms with van der Waals surface area (Å²) in [5, 5.41) is 0. The molecule has 0 saturated heterocycles. The Morgan fingerprint density at radius 1 is 1.00 bits per heavy atom. The van der Waals surface area contributed by atoms with Gasteiger partial charge >= 0.3 is 5.97 Å². The molecule has 0 fully saturated rings. The van der Waals surface area contributed by atoms with E-state index in [1.807, 2.05) is 0 Å². The first kappa shape index (κ1) is 14.8. The standard InChI is InChI=1S/C14H9F4NO2/c15-9-2-1-3-10(16)8(9)6-21-14(20)7-4-13(19)12(18)5-11(7)17/h1-5H,6,19H2. The summed E-state index contributed by atoms with van der Waals surface area (Å²) in [5.74, 6) is -5.21. The molecule has 2 N–H and O–H groups in total. The number of nitrogen functional groups attached to an aromatic ring is 1. The zero-order valence-electron chi connectivity index (χ0n) is 10.5. The van der Waals surface area contributed by atoms with Crippen LogP contribution in [-0.4, -0.2) is 5.97 Å². The van der Waals surface area contributed by atoms with Gasteiger partial charge in [-0.1, -0.05) is 6.07 Å². The highest BCUT2D eigenvalue weighted by atomic mass is 19.1. The third kappa shape index (κ3) is 3.13. The highest BCUT2D eigenvalue weighted by Crippen LogP contribution is 2.19. The van der Waals surface area contributed by atoms with Crippen molar-refractivity contribution in [3.63, 3.8) is 0 Å². The van der Waals surface area contributed by atoms with Gasteiger partial charge in [0.05, 0.1) is 16.8 Å². The van der Waals surface area contributed by atoms with Crippen LogP contribution in [-0.2, 0) is 11.3 Å². The highest BCUT2D eigenvalue weighted by molar-refractivity contribution is 5.90. The Morgan fingerprint density at radius 2 is 1.62 bits per heavy atom. The molecule has 2 rings (SSSR count). The van der Waals surface area contributed by atoms with Crippen LogP contribution >= 0.6 is 0 Å². The number of carbonyl (C=O) groups is 1. The van der Waals surface area contributed by atoms with Crippen LogP contribution in [0, 0.1) is 23.3 Å². The van der Waals surface area contributed by atoms with Gasteiger partial charge in [0.1, 0.15) is 29.9 Å². The first-order valence-corrected chi connectivity index (χ1v) is 5.74. The maximum absolute atomic E-state index is 13.4. The molecule has 0 radical (unpaired) electrons. The van der Waals surface area contributed by atoms with Gasteiger partial charge in [-0.3, -0.25) is 0 Å². The molecule has 0 bridgehead atoms. The zero-order chi connectivity index (χ0) is 15.6. The Morgan fingerprint density at radius 3 is 2.24 bits per heavy atom. The lowest BCUT2D eigenvalue weighted by atomic mass is 10.2. The summed E-state index contributed by atoms with van der Waals surface area (Å²) in [5.41, 5.74) is 3.68. The monoisotopic (exact) mass is 299 g/mol. The fourth-order valence-electron chi connectivity index (χ4n) is 1.61. The minimum absolute atomic E-state index is 0.426. The Hall–Kier alpha value is -2.57. The number of ether oxygens (including phenoxy) is 1. The Bertz CT molecular complexity index is 683. The van der Waals surface area contributed by atoms with Gasteiger partial charge in [0.25, 0.3) is 0 Å². The van der Waals surface area contributed by atoms with E-state index in [-0.39, 0.29) is 0 Å². The van der Waals surface area contributed by atoms with E-state index in [4.69, 9.17) is 5.73 Å². The van der Waals surface area contributed by atoms with Crippen LogP contribution in [0.25, 0.3) is 0 Å². The zero-order valence-corrected chi connectivity index (χ0v) is 10.5. The first-order valence-electron chi connectivity index (χ1n) is 5.74. The number of hydrogen-bond donors (Lipinski definition) is 1. The van der Waals surface area contributed by atoms with E-state index >= 15 is 0 Å². The summed E-state index contributed by atoms with van der Waals surface area (Å²) in [4.78, 5) is 11.6. The first-order chi connectivity index (χ1) is 9.90. The number of halogens is 4. The fourth-order valence-corrected chi connectivity index (χ4v) is 1.61. The van der Waals surface area contributed by atoms with E-state index in [1.54, 1.807) is 0 Å². The Labute approximate surface area is 116 Å². The summed E-state index contributed by atoms with van der Waals surface area (Å²) < 4.78 is 57.6.